The van der Waals surface area contributed by atoms with Crippen LogP contribution in [0, 0.1) is 0 Å². The molecule has 1 fully saturated rings. The van der Waals surface area contributed by atoms with Crippen molar-refractivity contribution in [1.82, 2.24) is 24.9 Å². The third kappa shape index (κ3) is 4.79. The average molecular weight is 378 g/mol. The number of anilines is 1. The highest BCUT2D eigenvalue weighted by Gasteiger charge is 2.21. The highest BCUT2D eigenvalue weighted by molar-refractivity contribution is 5.92. The number of hydrogen-bond donors (Lipinski definition) is 1. The quantitative estimate of drug-likeness (QED) is 0.701. The number of carbonyl (C=O) groups excluding carboxylic acids is 1. The number of nitrogens with one attached hydrogen (secondary N) is 1. The molecule has 1 N–H and O–H groups in total. The van der Waals surface area contributed by atoms with Crippen LogP contribution in [-0.2, 0) is 11.3 Å². The first-order chi connectivity index (χ1) is 13.8. The van der Waals surface area contributed by atoms with Crippen LogP contribution in [0.2, 0.25) is 0 Å². The van der Waals surface area contributed by atoms with E-state index in [1.54, 1.807) is 12.4 Å². The van der Waals surface area contributed by atoms with Gasteiger partial charge in [-0.1, -0.05) is 23.4 Å². The minimum atomic E-state index is 0.0117. The first-order valence-electron chi connectivity index (χ1n) is 9.29. The maximum absolute atomic E-state index is 12.2. The molecule has 1 amide bonds. The second-order valence-corrected chi connectivity index (χ2v) is 6.72. The van der Waals surface area contributed by atoms with Gasteiger partial charge in [0.2, 0.25) is 17.6 Å². The van der Waals surface area contributed by atoms with Crippen LogP contribution < -0.4 is 5.32 Å². The molecule has 0 bridgehead atoms. The first-order valence-corrected chi connectivity index (χ1v) is 9.29. The van der Waals surface area contributed by atoms with E-state index < -0.39 is 0 Å². The Labute approximate surface area is 163 Å². The molecule has 0 spiro atoms. The Bertz CT molecular complexity index is 891. The van der Waals surface area contributed by atoms with E-state index in [0.717, 1.165) is 37.4 Å². The third-order valence-electron chi connectivity index (χ3n) is 4.64. The van der Waals surface area contributed by atoms with Gasteiger partial charge in [-0.05, 0) is 24.3 Å². The minimum Gasteiger partial charge on any atom is -0.338 e. The van der Waals surface area contributed by atoms with E-state index in [2.05, 4.69) is 30.2 Å². The third-order valence-corrected chi connectivity index (χ3v) is 4.64. The lowest BCUT2D eigenvalue weighted by molar-refractivity contribution is -0.117. The molecule has 1 saturated heterocycles. The summed E-state index contributed by atoms with van der Waals surface area (Å²) in [4.78, 5) is 25.1. The van der Waals surface area contributed by atoms with Gasteiger partial charge in [0.1, 0.15) is 0 Å². The van der Waals surface area contributed by atoms with Crippen molar-refractivity contribution in [2.45, 2.75) is 6.54 Å². The smallest absolute Gasteiger partial charge is 0.241 e. The number of carbonyl (C=O) groups is 1. The molecule has 8 heteroatoms. The number of aromatic nitrogens is 3. The second-order valence-electron chi connectivity index (χ2n) is 6.72. The van der Waals surface area contributed by atoms with E-state index in [0.29, 0.717) is 24.8 Å². The number of benzene rings is 1. The van der Waals surface area contributed by atoms with Crippen molar-refractivity contribution in [1.29, 1.82) is 0 Å². The molecule has 0 aliphatic carbocycles. The zero-order valence-electron chi connectivity index (χ0n) is 15.5. The van der Waals surface area contributed by atoms with Crippen molar-refractivity contribution < 1.29 is 9.32 Å². The molecular formula is C20H22N6O2. The first kappa shape index (κ1) is 18.3. The van der Waals surface area contributed by atoms with Gasteiger partial charge in [0.05, 0.1) is 13.1 Å². The van der Waals surface area contributed by atoms with Crippen molar-refractivity contribution in [2.75, 3.05) is 38.0 Å². The lowest BCUT2D eigenvalue weighted by Crippen LogP contribution is -2.48. The molecule has 2 aromatic heterocycles. The van der Waals surface area contributed by atoms with Gasteiger partial charge in [0.15, 0.2) is 0 Å². The topological polar surface area (TPSA) is 87.4 Å². The number of amides is 1. The van der Waals surface area contributed by atoms with E-state index in [1.807, 2.05) is 42.5 Å². The highest BCUT2D eigenvalue weighted by Crippen LogP contribution is 2.15. The fourth-order valence-corrected chi connectivity index (χ4v) is 3.15. The van der Waals surface area contributed by atoms with Crippen LogP contribution in [0.4, 0.5) is 5.69 Å². The van der Waals surface area contributed by atoms with Gasteiger partial charge in [0, 0.05) is 49.8 Å². The maximum Gasteiger partial charge on any atom is 0.241 e. The Morgan fingerprint density at radius 1 is 1.04 bits per heavy atom. The Balaban J connectivity index is 1.23. The molecule has 3 aromatic rings. The number of para-hydroxylation sites is 1. The number of pyridine rings is 1. The van der Waals surface area contributed by atoms with Crippen molar-refractivity contribution in [3.8, 4) is 11.4 Å². The van der Waals surface area contributed by atoms with Crippen LogP contribution >= 0.6 is 0 Å². The molecule has 4 rings (SSSR count). The van der Waals surface area contributed by atoms with Gasteiger partial charge in [-0.3, -0.25) is 19.6 Å². The summed E-state index contributed by atoms with van der Waals surface area (Å²) in [6, 6.07) is 13.3. The average Bonchev–Trinajstić information content (AvgIpc) is 3.19. The van der Waals surface area contributed by atoms with Crippen LogP contribution in [-0.4, -0.2) is 63.6 Å². The lowest BCUT2D eigenvalue weighted by atomic mass is 10.3. The van der Waals surface area contributed by atoms with E-state index in [9.17, 15) is 4.79 Å². The molecule has 0 radical (unpaired) electrons. The predicted octanol–water partition coefficient (Wildman–Crippen LogP) is 1.89. The summed E-state index contributed by atoms with van der Waals surface area (Å²) in [7, 11) is 0. The predicted molar refractivity (Wildman–Crippen MR) is 104 cm³/mol. The summed E-state index contributed by atoms with van der Waals surface area (Å²) in [6.45, 7) is 4.36. The van der Waals surface area contributed by atoms with Gasteiger partial charge >= 0.3 is 0 Å². The highest BCUT2D eigenvalue weighted by atomic mass is 16.5. The van der Waals surface area contributed by atoms with Crippen molar-refractivity contribution >= 4 is 11.6 Å². The molecule has 28 heavy (non-hydrogen) atoms. The number of rotatable bonds is 6. The summed E-state index contributed by atoms with van der Waals surface area (Å²) in [5.74, 6) is 1.16. The van der Waals surface area contributed by atoms with Crippen LogP contribution in [0.15, 0.2) is 59.4 Å². The molecule has 8 nitrogen and oxygen atoms in total. The monoisotopic (exact) mass is 378 g/mol. The van der Waals surface area contributed by atoms with Crippen molar-refractivity contribution in [3.05, 3.63) is 60.7 Å². The Morgan fingerprint density at radius 3 is 2.57 bits per heavy atom. The second kappa shape index (κ2) is 8.73. The van der Waals surface area contributed by atoms with E-state index in [1.165, 1.54) is 0 Å². The largest absolute Gasteiger partial charge is 0.338 e. The lowest BCUT2D eigenvalue weighted by Gasteiger charge is -2.33. The standard InChI is InChI=1S/C20H22N6O2/c27-18(22-17-6-2-1-3-7-17)14-25-9-11-26(12-10-25)15-19-23-20(24-28-19)16-5-4-8-21-13-16/h1-8,13H,9-12,14-15H2,(H,22,27). The summed E-state index contributed by atoms with van der Waals surface area (Å²) in [5.41, 5.74) is 1.67. The van der Waals surface area contributed by atoms with Crippen LogP contribution in [0.25, 0.3) is 11.4 Å². The van der Waals surface area contributed by atoms with Crippen LogP contribution in [0.1, 0.15) is 5.89 Å². The Morgan fingerprint density at radius 2 is 1.82 bits per heavy atom. The molecule has 0 atom stereocenters. The van der Waals surface area contributed by atoms with E-state index >= 15 is 0 Å². The number of piperazine rings is 1. The Kier molecular flexibility index (Phi) is 5.69. The van der Waals surface area contributed by atoms with Crippen LogP contribution in [0.3, 0.4) is 0 Å². The SMILES string of the molecule is O=C(CN1CCN(Cc2nc(-c3cccnc3)no2)CC1)Nc1ccccc1. The molecule has 3 heterocycles. The number of nitrogens with zero attached hydrogens (tertiary/aromatic N) is 5. The number of hydrogen-bond acceptors (Lipinski definition) is 7. The van der Waals surface area contributed by atoms with Crippen LogP contribution in [0.5, 0.6) is 0 Å². The Hall–Kier alpha value is -3.10. The fourth-order valence-electron chi connectivity index (χ4n) is 3.15. The van der Waals surface area contributed by atoms with Crippen molar-refractivity contribution in [3.63, 3.8) is 0 Å². The molecule has 1 aliphatic heterocycles. The zero-order chi connectivity index (χ0) is 19.2. The van der Waals surface area contributed by atoms with E-state index in [-0.39, 0.29) is 5.91 Å². The fraction of sp³-hybridized carbons (Fsp3) is 0.300. The van der Waals surface area contributed by atoms with Gasteiger partial charge in [-0.2, -0.15) is 4.98 Å². The molecular weight excluding hydrogens is 356 g/mol. The van der Waals surface area contributed by atoms with Gasteiger partial charge in [-0.25, -0.2) is 0 Å². The molecule has 1 aromatic carbocycles. The van der Waals surface area contributed by atoms with Crippen molar-refractivity contribution in [2.24, 2.45) is 0 Å². The minimum absolute atomic E-state index is 0.0117. The molecule has 0 saturated carbocycles. The molecule has 0 unspecified atom stereocenters. The normalized spacial score (nSPS) is 15.4. The molecule has 1 aliphatic rings. The summed E-state index contributed by atoms with van der Waals surface area (Å²) in [5, 5.41) is 6.96. The maximum atomic E-state index is 12.2. The molecule has 144 valence electrons. The summed E-state index contributed by atoms with van der Waals surface area (Å²) < 4.78 is 5.37. The van der Waals surface area contributed by atoms with Gasteiger partial charge in [-0.15, -0.1) is 0 Å². The summed E-state index contributed by atoms with van der Waals surface area (Å²) in [6.07, 6.45) is 3.43. The summed E-state index contributed by atoms with van der Waals surface area (Å²) >= 11 is 0. The van der Waals surface area contributed by atoms with Gasteiger partial charge in [0.25, 0.3) is 0 Å². The van der Waals surface area contributed by atoms with Gasteiger partial charge < -0.3 is 9.84 Å². The zero-order valence-corrected chi connectivity index (χ0v) is 15.5. The van der Waals surface area contributed by atoms with E-state index in [4.69, 9.17) is 4.52 Å².